The molecule has 1 aliphatic rings. The Labute approximate surface area is 175 Å². The maximum Gasteiger partial charge on any atom is 0.286 e. The first-order valence-corrected chi connectivity index (χ1v) is 10.1. The Bertz CT molecular complexity index is 970. The Morgan fingerprint density at radius 2 is 2.03 bits per heavy atom. The average Bonchev–Trinajstić information content (AvgIpc) is 3.21. The van der Waals surface area contributed by atoms with Crippen LogP contribution in [0.1, 0.15) is 31.4 Å². The van der Waals surface area contributed by atoms with E-state index >= 15 is 0 Å². The number of aliphatic imine (C=N–C) groups is 1. The Morgan fingerprint density at radius 3 is 2.69 bits per heavy atom. The lowest BCUT2D eigenvalue weighted by Gasteiger charge is -2.14. The van der Waals surface area contributed by atoms with Crippen molar-refractivity contribution in [3.05, 3.63) is 63.8 Å². The molecule has 0 aliphatic carbocycles. The minimum Gasteiger partial charge on any atom is -0.454 e. The zero-order valence-electron chi connectivity index (χ0n) is 17.0. The van der Waals surface area contributed by atoms with Crippen molar-refractivity contribution in [3.63, 3.8) is 0 Å². The van der Waals surface area contributed by atoms with Crippen molar-refractivity contribution in [3.8, 4) is 11.5 Å². The topological polar surface area (TPSA) is 64.9 Å². The summed E-state index contributed by atoms with van der Waals surface area (Å²) >= 11 is 3.53. The number of rotatable bonds is 5. The highest BCUT2D eigenvalue weighted by Crippen LogP contribution is 2.32. The van der Waals surface area contributed by atoms with Gasteiger partial charge in [0.2, 0.25) is 6.79 Å². The molecule has 29 heavy (non-hydrogen) atoms. The number of hydrogen-bond acceptors (Lipinski definition) is 5. The molecule has 0 saturated carbocycles. The number of pyridine rings is 1. The normalized spacial score (nSPS) is 13.0. The molecule has 2 aromatic rings. The zero-order chi connectivity index (χ0) is 21.4. The fourth-order valence-electron chi connectivity index (χ4n) is 2.87. The van der Waals surface area contributed by atoms with Crippen LogP contribution in [0.25, 0.3) is 5.70 Å². The summed E-state index contributed by atoms with van der Waals surface area (Å²) in [5.41, 5.74) is 1.41. The molecule has 6 nitrogen and oxygen atoms in total. The van der Waals surface area contributed by atoms with Crippen molar-refractivity contribution >= 4 is 24.2 Å². The third kappa shape index (κ3) is 5.41. The largest absolute Gasteiger partial charge is 0.454 e. The average molecular weight is 420 g/mol. The van der Waals surface area contributed by atoms with Gasteiger partial charge < -0.3 is 19.4 Å². The monoisotopic (exact) mass is 419 g/mol. The van der Waals surface area contributed by atoms with Gasteiger partial charge in [0.1, 0.15) is 5.84 Å². The van der Waals surface area contributed by atoms with Gasteiger partial charge in [-0.1, -0.05) is 19.1 Å². The van der Waals surface area contributed by atoms with E-state index in [1.165, 1.54) is 10.6 Å². The van der Waals surface area contributed by atoms with E-state index in [4.69, 9.17) is 9.47 Å². The standard InChI is InChI=1S/C20H22FN3O3.CH4S/c1-4-16(23-19(5-2)22-3)14-9-15(21)20(25)24(11-14)10-13-6-7-17-18(8-13)27-12-26-17;1-2/h4,6-9,11H,5,10,12H2,1-3H3,(H,22,23);2H,1H3/b16-4-;. The quantitative estimate of drug-likeness (QED) is 0.441. The molecule has 0 radical (unpaired) electrons. The number of nitrogens with one attached hydrogen (secondary N) is 1. The number of benzene rings is 1. The number of amidine groups is 1. The minimum absolute atomic E-state index is 0.178. The van der Waals surface area contributed by atoms with E-state index in [9.17, 15) is 9.18 Å². The molecule has 0 unspecified atom stereocenters. The second kappa shape index (κ2) is 10.7. The van der Waals surface area contributed by atoms with Crippen LogP contribution >= 0.6 is 12.6 Å². The fourth-order valence-corrected chi connectivity index (χ4v) is 2.87. The van der Waals surface area contributed by atoms with Gasteiger partial charge in [-0.05, 0) is 36.9 Å². The molecule has 1 aliphatic heterocycles. The Kier molecular flexibility index (Phi) is 8.33. The van der Waals surface area contributed by atoms with Gasteiger partial charge in [0, 0.05) is 30.9 Å². The molecule has 0 bridgehead atoms. The molecule has 156 valence electrons. The lowest BCUT2D eigenvalue weighted by molar-refractivity contribution is 0.174. The highest BCUT2D eigenvalue weighted by atomic mass is 32.1. The van der Waals surface area contributed by atoms with Crippen LogP contribution in [0.2, 0.25) is 0 Å². The molecule has 8 heteroatoms. The minimum atomic E-state index is -0.805. The van der Waals surface area contributed by atoms with Crippen LogP contribution in [0.3, 0.4) is 0 Å². The summed E-state index contributed by atoms with van der Waals surface area (Å²) in [7, 11) is 1.69. The van der Waals surface area contributed by atoms with E-state index in [0.29, 0.717) is 29.2 Å². The van der Waals surface area contributed by atoms with E-state index in [0.717, 1.165) is 11.4 Å². The van der Waals surface area contributed by atoms with E-state index in [2.05, 4.69) is 22.9 Å². The van der Waals surface area contributed by atoms with Crippen LogP contribution in [-0.4, -0.2) is 30.5 Å². The molecule has 3 rings (SSSR count). The van der Waals surface area contributed by atoms with E-state index in [-0.39, 0.29) is 13.3 Å². The van der Waals surface area contributed by atoms with Gasteiger partial charge in [0.05, 0.1) is 6.54 Å². The van der Waals surface area contributed by atoms with E-state index < -0.39 is 11.4 Å². The van der Waals surface area contributed by atoms with Gasteiger partial charge >= 0.3 is 0 Å². The van der Waals surface area contributed by atoms with E-state index in [1.807, 2.05) is 26.0 Å². The maximum absolute atomic E-state index is 14.3. The summed E-state index contributed by atoms with van der Waals surface area (Å²) in [5, 5.41) is 3.18. The first-order valence-electron chi connectivity index (χ1n) is 9.18. The molecule has 1 aromatic heterocycles. The van der Waals surface area contributed by atoms with Crippen molar-refractivity contribution in [2.24, 2.45) is 4.99 Å². The highest BCUT2D eigenvalue weighted by Gasteiger charge is 2.15. The molecule has 0 atom stereocenters. The molecular formula is C21H26FN3O3S. The van der Waals surface area contributed by atoms with Crippen LogP contribution in [-0.2, 0) is 6.54 Å². The van der Waals surface area contributed by atoms with Crippen LogP contribution in [0, 0.1) is 5.82 Å². The Morgan fingerprint density at radius 1 is 1.31 bits per heavy atom. The van der Waals surface area contributed by atoms with Crippen molar-refractivity contribution in [2.45, 2.75) is 26.8 Å². The first-order chi connectivity index (χ1) is 14.0. The van der Waals surface area contributed by atoms with Crippen molar-refractivity contribution in [1.82, 2.24) is 9.88 Å². The second-order valence-corrected chi connectivity index (χ2v) is 6.05. The zero-order valence-corrected chi connectivity index (χ0v) is 17.9. The van der Waals surface area contributed by atoms with Gasteiger partial charge in [-0.2, -0.15) is 12.6 Å². The number of ether oxygens (including phenoxy) is 2. The van der Waals surface area contributed by atoms with Crippen LogP contribution in [0.15, 0.2) is 46.3 Å². The van der Waals surface area contributed by atoms with Crippen molar-refractivity contribution < 1.29 is 13.9 Å². The third-order valence-corrected chi connectivity index (χ3v) is 4.32. The van der Waals surface area contributed by atoms with Crippen molar-refractivity contribution in [1.29, 1.82) is 0 Å². The smallest absolute Gasteiger partial charge is 0.286 e. The van der Waals surface area contributed by atoms with Gasteiger partial charge in [-0.3, -0.25) is 9.79 Å². The van der Waals surface area contributed by atoms with Gasteiger partial charge in [0.15, 0.2) is 17.3 Å². The summed E-state index contributed by atoms with van der Waals surface area (Å²) in [6, 6.07) is 6.65. The molecule has 0 amide bonds. The SMILES string of the molecule is C/C=C(\NC(CC)=NC)c1cc(F)c(=O)n(Cc2ccc3c(c2)OCO3)c1.CS. The van der Waals surface area contributed by atoms with Crippen LogP contribution < -0.4 is 20.3 Å². The molecule has 0 spiro atoms. The molecular weight excluding hydrogens is 393 g/mol. The third-order valence-electron chi connectivity index (χ3n) is 4.32. The van der Waals surface area contributed by atoms with Crippen LogP contribution in [0.5, 0.6) is 11.5 Å². The fraction of sp³-hybridized carbons (Fsp3) is 0.333. The lowest BCUT2D eigenvalue weighted by Crippen LogP contribution is -2.26. The Hall–Kier alpha value is -2.74. The predicted molar refractivity (Wildman–Crippen MR) is 118 cm³/mol. The van der Waals surface area contributed by atoms with Gasteiger partial charge in [-0.25, -0.2) is 4.39 Å². The number of hydrogen-bond donors (Lipinski definition) is 2. The first kappa shape index (κ1) is 22.5. The number of allylic oxidation sites excluding steroid dienone is 1. The second-order valence-electron chi connectivity index (χ2n) is 6.05. The lowest BCUT2D eigenvalue weighted by atomic mass is 10.1. The summed E-state index contributed by atoms with van der Waals surface area (Å²) in [6.45, 7) is 4.22. The summed E-state index contributed by atoms with van der Waals surface area (Å²) < 4.78 is 26.3. The highest BCUT2D eigenvalue weighted by molar-refractivity contribution is 7.79. The molecule has 2 heterocycles. The van der Waals surface area contributed by atoms with Crippen LogP contribution in [0.4, 0.5) is 4.39 Å². The molecule has 0 saturated heterocycles. The number of thiol groups is 1. The Balaban J connectivity index is 0.00000145. The molecule has 0 fully saturated rings. The number of fused-ring (bicyclic) bond motifs is 1. The number of aromatic nitrogens is 1. The predicted octanol–water partition coefficient (Wildman–Crippen LogP) is 3.70. The van der Waals surface area contributed by atoms with Gasteiger partial charge in [0.25, 0.3) is 5.56 Å². The summed E-state index contributed by atoms with van der Waals surface area (Å²) in [6.07, 6.45) is 5.87. The maximum atomic E-state index is 14.3. The molecule has 1 N–H and O–H groups in total. The molecule has 1 aromatic carbocycles. The summed E-state index contributed by atoms with van der Waals surface area (Å²) in [4.78, 5) is 16.4. The number of halogens is 1. The van der Waals surface area contributed by atoms with E-state index in [1.54, 1.807) is 31.6 Å². The van der Waals surface area contributed by atoms with Gasteiger partial charge in [-0.15, -0.1) is 0 Å². The number of nitrogens with zero attached hydrogens (tertiary/aromatic N) is 2. The summed E-state index contributed by atoms with van der Waals surface area (Å²) in [5.74, 6) is 1.26. The van der Waals surface area contributed by atoms with Crippen molar-refractivity contribution in [2.75, 3.05) is 20.1 Å².